The zero-order valence-electron chi connectivity index (χ0n) is 8.87. The Hall–Kier alpha value is -2.38. The number of fused-ring (bicyclic) bond motifs is 1. The third-order valence-electron chi connectivity index (χ3n) is 2.29. The first kappa shape index (κ1) is 12.1. The number of ether oxygens (including phenoxy) is 1. The van der Waals surface area contributed by atoms with Crippen LogP contribution in [-0.4, -0.2) is 29.8 Å². The Morgan fingerprint density at radius 2 is 2.22 bits per heavy atom. The lowest BCUT2D eigenvalue weighted by atomic mass is 10.2. The molecule has 1 unspecified atom stereocenters. The number of carboxylic acid groups (broad SMARTS) is 1. The molecule has 2 rings (SSSR count). The Balaban J connectivity index is 2.30. The highest BCUT2D eigenvalue weighted by atomic mass is 19.1. The first-order valence-electron chi connectivity index (χ1n) is 4.89. The van der Waals surface area contributed by atoms with Crippen molar-refractivity contribution in [1.29, 1.82) is 0 Å². The maximum Gasteiger partial charge on any atom is 0.405 e. The largest absolute Gasteiger partial charge is 0.488 e. The van der Waals surface area contributed by atoms with Gasteiger partial charge in [-0.1, -0.05) is 0 Å². The van der Waals surface area contributed by atoms with Gasteiger partial charge in [-0.2, -0.15) is 0 Å². The van der Waals surface area contributed by atoms with Crippen molar-refractivity contribution in [3.63, 3.8) is 0 Å². The molecule has 8 heteroatoms. The minimum Gasteiger partial charge on any atom is -0.488 e. The van der Waals surface area contributed by atoms with Gasteiger partial charge in [-0.15, -0.1) is 0 Å². The van der Waals surface area contributed by atoms with E-state index < -0.39 is 29.7 Å². The van der Waals surface area contributed by atoms with Crippen molar-refractivity contribution < 1.29 is 28.2 Å². The first-order chi connectivity index (χ1) is 8.47. The number of carbonyl (C=O) groups excluding carboxylic acids is 1. The lowest BCUT2D eigenvalue weighted by Gasteiger charge is -2.11. The number of halogens is 2. The van der Waals surface area contributed by atoms with Crippen molar-refractivity contribution in [2.45, 2.75) is 6.04 Å². The van der Waals surface area contributed by atoms with Crippen LogP contribution in [0.25, 0.3) is 0 Å². The van der Waals surface area contributed by atoms with E-state index in [0.717, 1.165) is 6.07 Å². The number of hydrogen-bond acceptors (Lipinski definition) is 3. The molecule has 0 radical (unpaired) electrons. The highest BCUT2D eigenvalue weighted by Gasteiger charge is 2.28. The summed E-state index contributed by atoms with van der Waals surface area (Å²) in [6.45, 7) is -0.353. The maximum atomic E-state index is 13.4. The van der Waals surface area contributed by atoms with Crippen LogP contribution in [0, 0.1) is 11.6 Å². The number of benzene rings is 1. The highest BCUT2D eigenvalue weighted by molar-refractivity contribution is 5.98. The predicted octanol–water partition coefficient (Wildman–Crippen LogP) is 0.932. The summed E-state index contributed by atoms with van der Waals surface area (Å²) in [4.78, 5) is 22.0. The average molecular weight is 258 g/mol. The lowest BCUT2D eigenvalue weighted by Crippen LogP contribution is -2.45. The predicted molar refractivity (Wildman–Crippen MR) is 55.4 cm³/mol. The number of anilines is 1. The number of amides is 2. The van der Waals surface area contributed by atoms with Gasteiger partial charge in [0.15, 0.2) is 5.82 Å². The molecule has 0 aliphatic carbocycles. The van der Waals surface area contributed by atoms with E-state index in [9.17, 15) is 18.4 Å². The van der Waals surface area contributed by atoms with Gasteiger partial charge in [0.1, 0.15) is 29.9 Å². The molecular weight excluding hydrogens is 250 g/mol. The van der Waals surface area contributed by atoms with E-state index in [1.165, 1.54) is 0 Å². The monoisotopic (exact) mass is 258 g/mol. The summed E-state index contributed by atoms with van der Waals surface area (Å²) >= 11 is 0. The Labute approximate surface area is 99.5 Å². The van der Waals surface area contributed by atoms with Crippen molar-refractivity contribution in [2.75, 3.05) is 11.9 Å². The summed E-state index contributed by atoms with van der Waals surface area (Å²) in [5, 5.41) is 12.6. The first-order valence-corrected chi connectivity index (χ1v) is 4.89. The number of carbonyl (C=O) groups is 2. The summed E-state index contributed by atoms with van der Waals surface area (Å²) < 4.78 is 31.4. The van der Waals surface area contributed by atoms with Crippen molar-refractivity contribution >= 4 is 17.7 Å². The molecule has 0 saturated heterocycles. The van der Waals surface area contributed by atoms with Gasteiger partial charge in [0.2, 0.25) is 0 Å². The molecular formula is C10H8F2N2O4. The quantitative estimate of drug-likeness (QED) is 0.699. The fourth-order valence-electron chi connectivity index (χ4n) is 1.50. The van der Waals surface area contributed by atoms with Gasteiger partial charge in [0.05, 0.1) is 0 Å². The van der Waals surface area contributed by atoms with Crippen LogP contribution in [0.5, 0.6) is 5.75 Å². The van der Waals surface area contributed by atoms with Crippen LogP contribution < -0.4 is 15.4 Å². The lowest BCUT2D eigenvalue weighted by molar-refractivity contribution is -0.118. The molecule has 96 valence electrons. The molecule has 0 fully saturated rings. The van der Waals surface area contributed by atoms with Crippen molar-refractivity contribution in [3.05, 3.63) is 23.8 Å². The molecule has 3 N–H and O–H groups in total. The van der Waals surface area contributed by atoms with E-state index in [1.54, 1.807) is 0 Å². The van der Waals surface area contributed by atoms with E-state index >= 15 is 0 Å². The van der Waals surface area contributed by atoms with Crippen LogP contribution in [0.3, 0.4) is 0 Å². The Morgan fingerprint density at radius 1 is 1.50 bits per heavy atom. The van der Waals surface area contributed by atoms with Gasteiger partial charge in [0, 0.05) is 12.1 Å². The number of hydrogen-bond donors (Lipinski definition) is 3. The van der Waals surface area contributed by atoms with Crippen LogP contribution in [0.2, 0.25) is 0 Å². The molecule has 2 amide bonds. The summed E-state index contributed by atoms with van der Waals surface area (Å²) in [6, 6.07) is 0.298. The minimum absolute atomic E-state index is 0.185. The van der Waals surface area contributed by atoms with Crippen molar-refractivity contribution in [1.82, 2.24) is 5.32 Å². The molecule has 1 aromatic rings. The highest BCUT2D eigenvalue weighted by Crippen LogP contribution is 2.30. The SMILES string of the molecule is O=C(O)NC1COc2cc(F)cc(F)c2NC1=O. The van der Waals surface area contributed by atoms with Crippen LogP contribution in [0.1, 0.15) is 0 Å². The molecule has 0 aromatic heterocycles. The average Bonchev–Trinajstić information content (AvgIpc) is 2.40. The second kappa shape index (κ2) is 4.47. The summed E-state index contributed by atoms with van der Waals surface area (Å²) in [5.74, 6) is -2.81. The topological polar surface area (TPSA) is 87.7 Å². The summed E-state index contributed by atoms with van der Waals surface area (Å²) in [6.07, 6.45) is -1.42. The van der Waals surface area contributed by atoms with Gasteiger partial charge in [-0.3, -0.25) is 4.79 Å². The van der Waals surface area contributed by atoms with Crippen LogP contribution >= 0.6 is 0 Å². The molecule has 1 heterocycles. The van der Waals surface area contributed by atoms with Crippen LogP contribution in [0.15, 0.2) is 12.1 Å². The minimum atomic E-state index is -1.42. The smallest absolute Gasteiger partial charge is 0.405 e. The van der Waals surface area contributed by atoms with E-state index in [1.807, 2.05) is 5.32 Å². The van der Waals surface area contributed by atoms with Gasteiger partial charge >= 0.3 is 6.09 Å². The molecule has 1 atom stereocenters. The maximum absolute atomic E-state index is 13.4. The molecule has 6 nitrogen and oxygen atoms in total. The van der Waals surface area contributed by atoms with E-state index in [2.05, 4.69) is 5.32 Å². The zero-order chi connectivity index (χ0) is 13.3. The van der Waals surface area contributed by atoms with Gasteiger partial charge in [-0.25, -0.2) is 13.6 Å². The third-order valence-corrected chi connectivity index (χ3v) is 2.29. The molecule has 0 spiro atoms. The number of nitrogens with one attached hydrogen (secondary N) is 2. The standard InChI is InChI=1S/C10H8F2N2O4/c11-4-1-5(12)8-7(2-4)18-3-6(9(15)14-8)13-10(16)17/h1-2,6,13H,3H2,(H,14,15)(H,16,17). The zero-order valence-corrected chi connectivity index (χ0v) is 8.87. The van der Waals surface area contributed by atoms with Gasteiger partial charge < -0.3 is 20.5 Å². The third kappa shape index (κ3) is 2.31. The summed E-state index contributed by atoms with van der Waals surface area (Å²) in [7, 11) is 0. The van der Waals surface area contributed by atoms with Gasteiger partial charge in [-0.05, 0) is 0 Å². The second-order valence-electron chi connectivity index (χ2n) is 3.56. The van der Waals surface area contributed by atoms with Crippen LogP contribution in [-0.2, 0) is 4.79 Å². The molecule has 0 saturated carbocycles. The van der Waals surface area contributed by atoms with Gasteiger partial charge in [0.25, 0.3) is 5.91 Å². The second-order valence-corrected chi connectivity index (χ2v) is 3.56. The summed E-state index contributed by atoms with van der Waals surface area (Å²) in [5.41, 5.74) is -0.309. The molecule has 1 aliphatic heterocycles. The molecule has 0 bridgehead atoms. The number of rotatable bonds is 1. The Kier molecular flexibility index (Phi) is 3.00. The fraction of sp³-hybridized carbons (Fsp3) is 0.200. The van der Waals surface area contributed by atoms with E-state index in [0.29, 0.717) is 6.07 Å². The molecule has 1 aromatic carbocycles. The molecule has 18 heavy (non-hydrogen) atoms. The Morgan fingerprint density at radius 3 is 2.89 bits per heavy atom. The fourth-order valence-corrected chi connectivity index (χ4v) is 1.50. The molecule has 1 aliphatic rings. The van der Waals surface area contributed by atoms with E-state index in [-0.39, 0.29) is 18.0 Å². The Bertz CT molecular complexity index is 521. The van der Waals surface area contributed by atoms with Crippen molar-refractivity contribution in [2.24, 2.45) is 0 Å². The normalized spacial score (nSPS) is 18.1. The van der Waals surface area contributed by atoms with E-state index in [4.69, 9.17) is 9.84 Å². The van der Waals surface area contributed by atoms with Crippen LogP contribution in [0.4, 0.5) is 19.3 Å². The van der Waals surface area contributed by atoms with Crippen molar-refractivity contribution in [3.8, 4) is 5.75 Å².